The molecule has 4 aromatic rings. The molecule has 4 aromatic heterocycles. The molecule has 0 unspecified atom stereocenters. The van der Waals surface area contributed by atoms with Crippen molar-refractivity contribution < 1.29 is 18.3 Å². The first-order valence-corrected chi connectivity index (χ1v) is 19.0. The van der Waals surface area contributed by atoms with Crippen LogP contribution in [0.5, 0.6) is 0 Å². The highest BCUT2D eigenvalue weighted by atomic mass is 14.9. The molecule has 0 aliphatic rings. The molecule has 0 bridgehead atoms. The van der Waals surface area contributed by atoms with E-state index in [1.165, 1.54) is 131 Å². The fraction of sp³-hybridized carbons (Fsp3) is 0.535. The average Bonchev–Trinajstić information content (AvgIpc) is 3.07. The third-order valence-electron chi connectivity index (χ3n) is 9.63. The van der Waals surface area contributed by atoms with Crippen LogP contribution in [0, 0.1) is 20.8 Å². The van der Waals surface area contributed by atoms with Gasteiger partial charge in [-0.2, -0.15) is 0 Å². The second-order valence-electron chi connectivity index (χ2n) is 14.0. The molecule has 4 nitrogen and oxygen atoms in total. The van der Waals surface area contributed by atoms with Crippen LogP contribution >= 0.6 is 0 Å². The quantitative estimate of drug-likeness (QED) is 0.0570. The third kappa shape index (κ3) is 14.5. The summed E-state index contributed by atoms with van der Waals surface area (Å²) < 4.78 is 9.44. The second kappa shape index (κ2) is 21.5. The summed E-state index contributed by atoms with van der Waals surface area (Å²) in [5.41, 5.74) is 6.70. The van der Waals surface area contributed by atoms with Crippen LogP contribution in [-0.4, -0.2) is 0 Å². The molecule has 0 saturated heterocycles. The Morgan fingerprint density at radius 1 is 0.383 bits per heavy atom. The minimum Gasteiger partial charge on any atom is -0.205 e. The summed E-state index contributed by atoms with van der Waals surface area (Å²) >= 11 is 0. The van der Waals surface area contributed by atoms with E-state index in [0.717, 1.165) is 26.2 Å². The number of nitrogens with zero attached hydrogens (tertiary/aromatic N) is 4. The summed E-state index contributed by atoms with van der Waals surface area (Å²) in [4.78, 5) is 0. The molecule has 0 atom stereocenters. The van der Waals surface area contributed by atoms with E-state index in [-0.39, 0.29) is 0 Å². The Morgan fingerprint density at radius 3 is 1.19 bits per heavy atom. The minimum absolute atomic E-state index is 1.12. The van der Waals surface area contributed by atoms with Gasteiger partial charge in [0.05, 0.1) is 0 Å². The van der Waals surface area contributed by atoms with Crippen LogP contribution in [0.3, 0.4) is 0 Å². The zero-order chi connectivity index (χ0) is 32.9. The van der Waals surface area contributed by atoms with Crippen LogP contribution in [0.1, 0.15) is 120 Å². The van der Waals surface area contributed by atoms with Gasteiger partial charge in [0.2, 0.25) is 0 Å². The summed E-state index contributed by atoms with van der Waals surface area (Å²) in [5, 5.41) is 0. The van der Waals surface area contributed by atoms with Gasteiger partial charge in [-0.1, -0.05) is 57.4 Å². The van der Waals surface area contributed by atoms with E-state index in [4.69, 9.17) is 0 Å². The summed E-state index contributed by atoms with van der Waals surface area (Å²) in [6.45, 7) is 11.1. The third-order valence-corrected chi connectivity index (χ3v) is 9.63. The maximum absolute atomic E-state index is 2.37. The molecule has 0 aliphatic heterocycles. The minimum atomic E-state index is 1.12. The Balaban J connectivity index is 0.975. The number of pyridine rings is 4. The number of rotatable bonds is 23. The van der Waals surface area contributed by atoms with Gasteiger partial charge < -0.3 is 0 Å². The van der Waals surface area contributed by atoms with E-state index in [0.29, 0.717) is 0 Å². The Labute approximate surface area is 287 Å². The van der Waals surface area contributed by atoms with Crippen molar-refractivity contribution in [3.05, 3.63) is 109 Å². The van der Waals surface area contributed by atoms with Crippen LogP contribution in [0.2, 0.25) is 0 Å². The van der Waals surface area contributed by atoms with Crippen LogP contribution in [0.4, 0.5) is 0 Å². The fourth-order valence-electron chi connectivity index (χ4n) is 6.82. The maximum atomic E-state index is 2.37. The molecular weight excluding hydrogens is 573 g/mol. The Morgan fingerprint density at radius 2 is 0.766 bits per heavy atom. The highest BCUT2D eigenvalue weighted by molar-refractivity contribution is 5.60. The lowest BCUT2D eigenvalue weighted by Gasteiger charge is -2.03. The highest BCUT2D eigenvalue weighted by Crippen LogP contribution is 2.16. The lowest BCUT2D eigenvalue weighted by atomic mass is 10.1. The number of aromatic nitrogens is 4. The molecule has 4 heteroatoms. The maximum Gasteiger partial charge on any atom is 0.178 e. The fourth-order valence-corrected chi connectivity index (χ4v) is 6.82. The molecule has 4 heterocycles. The number of hydrogen-bond donors (Lipinski definition) is 0. The van der Waals surface area contributed by atoms with Gasteiger partial charge in [0, 0.05) is 80.1 Å². The van der Waals surface area contributed by atoms with E-state index >= 15 is 0 Å². The van der Waals surface area contributed by atoms with Crippen LogP contribution < -0.4 is 18.3 Å². The van der Waals surface area contributed by atoms with Crippen molar-refractivity contribution in [2.24, 2.45) is 0 Å². The number of aryl methyl sites for hydroxylation is 7. The smallest absolute Gasteiger partial charge is 0.178 e. The predicted molar refractivity (Wildman–Crippen MR) is 194 cm³/mol. The Kier molecular flexibility index (Phi) is 16.6. The van der Waals surface area contributed by atoms with Gasteiger partial charge >= 0.3 is 0 Å². The topological polar surface area (TPSA) is 15.5 Å². The Hall–Kier alpha value is -3.40. The average molecular weight is 637 g/mol. The van der Waals surface area contributed by atoms with Gasteiger partial charge in [-0.15, -0.1) is 0 Å². The van der Waals surface area contributed by atoms with Crippen molar-refractivity contribution >= 4 is 0 Å². The van der Waals surface area contributed by atoms with Gasteiger partial charge in [0.1, 0.15) is 26.2 Å². The van der Waals surface area contributed by atoms with E-state index in [1.807, 2.05) is 0 Å². The molecule has 0 amide bonds. The molecule has 47 heavy (non-hydrogen) atoms. The molecule has 4 rings (SSSR count). The van der Waals surface area contributed by atoms with Gasteiger partial charge in [0.25, 0.3) is 0 Å². The first-order valence-electron chi connectivity index (χ1n) is 19.0. The van der Waals surface area contributed by atoms with Crippen molar-refractivity contribution in [2.45, 2.75) is 150 Å². The standard InChI is InChI=1S/C43H64N4/c1-39-36-40(2)38-46(37-39)29-19-14-10-5-4-8-12-17-27-44-32-23-42(24-33-44)43-25-34-45(35-26-43)28-18-13-9-6-7-11-15-20-30-47-31-21-16-22-41(47)3/h16,21-26,31-38H,4-15,17-20,27-30H2,1-3H3/q+4. The van der Waals surface area contributed by atoms with Crippen molar-refractivity contribution in [1.29, 1.82) is 0 Å². The monoisotopic (exact) mass is 637 g/mol. The van der Waals surface area contributed by atoms with E-state index in [2.05, 4.69) is 131 Å². The molecule has 0 N–H and O–H groups in total. The summed E-state index contributed by atoms with van der Waals surface area (Å²) in [5.74, 6) is 0. The summed E-state index contributed by atoms with van der Waals surface area (Å²) in [6.07, 6.45) is 37.3. The van der Waals surface area contributed by atoms with E-state index < -0.39 is 0 Å². The molecule has 0 aliphatic carbocycles. The van der Waals surface area contributed by atoms with Gasteiger partial charge in [-0.05, 0) is 56.7 Å². The molecule has 0 aromatic carbocycles. The largest absolute Gasteiger partial charge is 0.205 e. The summed E-state index contributed by atoms with van der Waals surface area (Å²) in [6, 6.07) is 17.8. The molecule has 0 spiro atoms. The molecule has 0 radical (unpaired) electrons. The lowest BCUT2D eigenvalue weighted by Crippen LogP contribution is -2.36. The van der Waals surface area contributed by atoms with Crippen molar-refractivity contribution in [3.8, 4) is 11.1 Å². The van der Waals surface area contributed by atoms with Crippen LogP contribution in [-0.2, 0) is 26.2 Å². The van der Waals surface area contributed by atoms with Crippen molar-refractivity contribution in [1.82, 2.24) is 0 Å². The van der Waals surface area contributed by atoms with Gasteiger partial charge in [-0.25, -0.2) is 18.3 Å². The zero-order valence-electron chi connectivity index (χ0n) is 30.1. The zero-order valence-corrected chi connectivity index (χ0v) is 30.1. The van der Waals surface area contributed by atoms with Gasteiger partial charge in [0.15, 0.2) is 49.1 Å². The molecule has 252 valence electrons. The predicted octanol–water partition coefficient (Wildman–Crippen LogP) is 9.07. The van der Waals surface area contributed by atoms with E-state index in [1.54, 1.807) is 0 Å². The van der Waals surface area contributed by atoms with Crippen LogP contribution in [0.25, 0.3) is 11.1 Å². The first kappa shape index (κ1) is 36.4. The summed E-state index contributed by atoms with van der Waals surface area (Å²) in [7, 11) is 0. The van der Waals surface area contributed by atoms with Crippen LogP contribution in [0.15, 0.2) is 91.9 Å². The van der Waals surface area contributed by atoms with Crippen molar-refractivity contribution in [3.63, 3.8) is 0 Å². The lowest BCUT2D eigenvalue weighted by molar-refractivity contribution is -0.703. The normalized spacial score (nSPS) is 11.3. The number of hydrogen-bond acceptors (Lipinski definition) is 0. The molecule has 0 fully saturated rings. The highest BCUT2D eigenvalue weighted by Gasteiger charge is 2.07. The van der Waals surface area contributed by atoms with Crippen molar-refractivity contribution in [2.75, 3.05) is 0 Å². The number of unbranched alkanes of at least 4 members (excludes halogenated alkanes) is 14. The van der Waals surface area contributed by atoms with Gasteiger partial charge in [-0.3, -0.25) is 0 Å². The first-order chi connectivity index (χ1) is 23.1. The second-order valence-corrected chi connectivity index (χ2v) is 14.0. The SMILES string of the molecule is Cc1cc(C)c[n+](CCCCCCCCCC[n+]2ccc(-c3cc[n+](CCCCCCCCCC[n+]4ccccc4C)cc3)cc2)c1. The van der Waals surface area contributed by atoms with E-state index in [9.17, 15) is 0 Å². The molecule has 0 saturated carbocycles. The molecular formula is C43H64N4+4. The Bertz CT molecular complexity index is 1390.